The summed E-state index contributed by atoms with van der Waals surface area (Å²) in [5, 5.41) is 8.90. The number of aromatic nitrogens is 3. The number of hydrogen-bond donors (Lipinski definition) is 1. The normalized spacial score (nSPS) is 10.5. The lowest BCUT2D eigenvalue weighted by Crippen LogP contribution is -1.98. The Morgan fingerprint density at radius 1 is 1.32 bits per heavy atom. The van der Waals surface area contributed by atoms with E-state index in [2.05, 4.69) is 9.97 Å². The average molecular weight is 255 g/mol. The number of fused-ring (bicyclic) bond motifs is 1. The van der Waals surface area contributed by atoms with Crippen molar-refractivity contribution in [1.82, 2.24) is 14.4 Å². The SMILES string of the molecule is O=C(O)c1cncc(Oc2cccc3nccn23)c1. The highest BCUT2D eigenvalue weighted by atomic mass is 16.5. The van der Waals surface area contributed by atoms with Gasteiger partial charge in [0.2, 0.25) is 5.88 Å². The molecule has 3 rings (SSSR count). The van der Waals surface area contributed by atoms with Crippen LogP contribution in [-0.2, 0) is 0 Å². The second kappa shape index (κ2) is 4.41. The zero-order valence-electron chi connectivity index (χ0n) is 9.72. The van der Waals surface area contributed by atoms with Gasteiger partial charge in [0.1, 0.15) is 11.4 Å². The van der Waals surface area contributed by atoms with Crippen LogP contribution in [0.15, 0.2) is 49.1 Å². The van der Waals surface area contributed by atoms with E-state index < -0.39 is 5.97 Å². The van der Waals surface area contributed by atoms with Crippen LogP contribution in [0, 0.1) is 0 Å². The summed E-state index contributed by atoms with van der Waals surface area (Å²) in [7, 11) is 0. The zero-order chi connectivity index (χ0) is 13.2. The number of aromatic carboxylic acids is 1. The van der Waals surface area contributed by atoms with Crippen LogP contribution in [0.5, 0.6) is 11.6 Å². The molecular formula is C13H9N3O3. The van der Waals surface area contributed by atoms with Crippen molar-refractivity contribution in [3.63, 3.8) is 0 Å². The van der Waals surface area contributed by atoms with Gasteiger partial charge in [0, 0.05) is 18.6 Å². The van der Waals surface area contributed by atoms with Gasteiger partial charge in [-0.2, -0.15) is 0 Å². The van der Waals surface area contributed by atoms with Gasteiger partial charge in [-0.3, -0.25) is 9.38 Å². The zero-order valence-corrected chi connectivity index (χ0v) is 9.72. The van der Waals surface area contributed by atoms with E-state index in [4.69, 9.17) is 9.84 Å². The van der Waals surface area contributed by atoms with E-state index in [-0.39, 0.29) is 5.56 Å². The van der Waals surface area contributed by atoms with Crippen molar-refractivity contribution < 1.29 is 14.6 Å². The Balaban J connectivity index is 1.99. The van der Waals surface area contributed by atoms with Gasteiger partial charge in [0.05, 0.1) is 11.8 Å². The Kier molecular flexibility index (Phi) is 2.60. The van der Waals surface area contributed by atoms with Gasteiger partial charge in [-0.25, -0.2) is 9.78 Å². The summed E-state index contributed by atoms with van der Waals surface area (Å²) in [6.45, 7) is 0. The fraction of sp³-hybridized carbons (Fsp3) is 0. The van der Waals surface area contributed by atoms with Gasteiger partial charge in [-0.1, -0.05) is 6.07 Å². The van der Waals surface area contributed by atoms with Crippen LogP contribution < -0.4 is 4.74 Å². The van der Waals surface area contributed by atoms with Crippen LogP contribution >= 0.6 is 0 Å². The number of hydrogen-bond acceptors (Lipinski definition) is 4. The van der Waals surface area contributed by atoms with E-state index >= 15 is 0 Å². The topological polar surface area (TPSA) is 76.7 Å². The fourth-order valence-corrected chi connectivity index (χ4v) is 1.72. The lowest BCUT2D eigenvalue weighted by Gasteiger charge is -2.07. The minimum atomic E-state index is -1.04. The molecule has 0 aliphatic carbocycles. The first-order valence-electron chi connectivity index (χ1n) is 5.52. The summed E-state index contributed by atoms with van der Waals surface area (Å²) in [6.07, 6.45) is 6.16. The maximum atomic E-state index is 10.9. The molecule has 0 aliphatic heterocycles. The molecule has 0 atom stereocenters. The van der Waals surface area contributed by atoms with Gasteiger partial charge >= 0.3 is 5.97 Å². The highest BCUT2D eigenvalue weighted by Crippen LogP contribution is 2.22. The molecule has 0 spiro atoms. The molecule has 0 saturated heterocycles. The molecule has 0 radical (unpaired) electrons. The van der Waals surface area contributed by atoms with E-state index in [1.807, 2.05) is 12.1 Å². The third kappa shape index (κ3) is 2.11. The summed E-state index contributed by atoms with van der Waals surface area (Å²) < 4.78 is 7.40. The van der Waals surface area contributed by atoms with E-state index in [1.165, 1.54) is 18.5 Å². The van der Waals surface area contributed by atoms with Crippen molar-refractivity contribution in [3.05, 3.63) is 54.6 Å². The first-order valence-corrected chi connectivity index (χ1v) is 5.52. The average Bonchev–Trinajstić information content (AvgIpc) is 2.88. The number of nitrogens with zero attached hydrogens (tertiary/aromatic N) is 3. The monoisotopic (exact) mass is 255 g/mol. The molecule has 0 amide bonds. The van der Waals surface area contributed by atoms with Crippen LogP contribution in [-0.4, -0.2) is 25.4 Å². The third-order valence-corrected chi connectivity index (χ3v) is 2.57. The van der Waals surface area contributed by atoms with Gasteiger partial charge in [-0.05, 0) is 18.2 Å². The number of carboxylic acid groups (broad SMARTS) is 1. The molecule has 3 heterocycles. The predicted molar refractivity (Wildman–Crippen MR) is 66.5 cm³/mol. The molecule has 0 fully saturated rings. The van der Waals surface area contributed by atoms with Crippen molar-refractivity contribution in [1.29, 1.82) is 0 Å². The van der Waals surface area contributed by atoms with Crippen LogP contribution in [0.4, 0.5) is 0 Å². The van der Waals surface area contributed by atoms with Crippen molar-refractivity contribution in [3.8, 4) is 11.6 Å². The fourth-order valence-electron chi connectivity index (χ4n) is 1.72. The number of carboxylic acids is 1. The van der Waals surface area contributed by atoms with Gasteiger partial charge in [0.15, 0.2) is 0 Å². The summed E-state index contributed by atoms with van der Waals surface area (Å²) >= 11 is 0. The second-order valence-corrected chi connectivity index (χ2v) is 3.84. The van der Waals surface area contributed by atoms with Gasteiger partial charge < -0.3 is 9.84 Å². The maximum Gasteiger partial charge on any atom is 0.337 e. The predicted octanol–water partition coefficient (Wildman–Crippen LogP) is 2.22. The number of imidazole rings is 1. The second-order valence-electron chi connectivity index (χ2n) is 3.84. The van der Waals surface area contributed by atoms with Crippen LogP contribution in [0.1, 0.15) is 10.4 Å². The van der Waals surface area contributed by atoms with Crippen LogP contribution in [0.2, 0.25) is 0 Å². The molecule has 6 heteroatoms. The van der Waals surface area contributed by atoms with E-state index in [1.54, 1.807) is 22.9 Å². The first-order chi connectivity index (χ1) is 9.24. The van der Waals surface area contributed by atoms with Crippen molar-refractivity contribution in [2.24, 2.45) is 0 Å². The largest absolute Gasteiger partial charge is 0.478 e. The lowest BCUT2D eigenvalue weighted by molar-refractivity contribution is 0.0696. The summed E-state index contributed by atoms with van der Waals surface area (Å²) in [4.78, 5) is 18.8. The smallest absolute Gasteiger partial charge is 0.337 e. The number of pyridine rings is 2. The summed E-state index contributed by atoms with van der Waals surface area (Å²) in [5.74, 6) is -0.140. The van der Waals surface area contributed by atoms with Gasteiger partial charge in [-0.15, -0.1) is 0 Å². The Morgan fingerprint density at radius 2 is 2.21 bits per heavy atom. The molecule has 1 N–H and O–H groups in total. The molecule has 3 aromatic heterocycles. The van der Waals surface area contributed by atoms with Crippen LogP contribution in [0.3, 0.4) is 0 Å². The molecule has 0 bridgehead atoms. The molecule has 0 aliphatic rings. The van der Waals surface area contributed by atoms with E-state index in [0.717, 1.165) is 5.65 Å². The Morgan fingerprint density at radius 3 is 3.05 bits per heavy atom. The number of carbonyl (C=O) groups is 1. The Bertz CT molecular complexity index is 751. The Labute approximate surface area is 107 Å². The van der Waals surface area contributed by atoms with E-state index in [9.17, 15) is 4.79 Å². The molecule has 94 valence electrons. The Hall–Kier alpha value is -2.89. The van der Waals surface area contributed by atoms with E-state index in [0.29, 0.717) is 11.6 Å². The molecule has 0 unspecified atom stereocenters. The standard InChI is InChI=1S/C13H9N3O3/c17-13(18)9-6-10(8-14-7-9)19-12-3-1-2-11-15-4-5-16(11)12/h1-8H,(H,17,18). The molecular weight excluding hydrogens is 246 g/mol. The van der Waals surface area contributed by atoms with Crippen LogP contribution in [0.25, 0.3) is 5.65 Å². The van der Waals surface area contributed by atoms with Gasteiger partial charge in [0.25, 0.3) is 0 Å². The molecule has 6 nitrogen and oxygen atoms in total. The number of ether oxygens (including phenoxy) is 1. The van der Waals surface area contributed by atoms with Crippen molar-refractivity contribution >= 4 is 11.6 Å². The minimum absolute atomic E-state index is 0.0790. The number of rotatable bonds is 3. The quantitative estimate of drug-likeness (QED) is 0.776. The van der Waals surface area contributed by atoms with Crippen molar-refractivity contribution in [2.45, 2.75) is 0 Å². The third-order valence-electron chi connectivity index (χ3n) is 2.57. The highest BCUT2D eigenvalue weighted by molar-refractivity contribution is 5.87. The first kappa shape index (κ1) is 11.2. The summed E-state index contributed by atoms with van der Waals surface area (Å²) in [5.41, 5.74) is 0.829. The minimum Gasteiger partial charge on any atom is -0.478 e. The maximum absolute atomic E-state index is 10.9. The summed E-state index contributed by atoms with van der Waals surface area (Å²) in [6, 6.07) is 6.85. The molecule has 0 saturated carbocycles. The molecule has 3 aromatic rings. The molecule has 0 aromatic carbocycles. The van der Waals surface area contributed by atoms with Crippen molar-refractivity contribution in [2.75, 3.05) is 0 Å². The lowest BCUT2D eigenvalue weighted by atomic mass is 10.3. The molecule has 19 heavy (non-hydrogen) atoms. The highest BCUT2D eigenvalue weighted by Gasteiger charge is 2.07.